The average molecular weight is 199 g/mol. The summed E-state index contributed by atoms with van der Waals surface area (Å²) in [6.45, 7) is 6.20. The van der Waals surface area contributed by atoms with Gasteiger partial charge in [0.25, 0.3) is 0 Å². The summed E-state index contributed by atoms with van der Waals surface area (Å²) in [6, 6.07) is 1.89. The van der Waals surface area contributed by atoms with Gasteiger partial charge in [0.05, 0.1) is 0 Å². The molecule has 0 aliphatic rings. The largest absolute Gasteiger partial charge is 0.324 e. The second-order valence-corrected chi connectivity index (χ2v) is 4.02. The van der Waals surface area contributed by atoms with Gasteiger partial charge in [-0.05, 0) is 30.0 Å². The maximum Gasteiger partial charge on any atom is 0.129 e. The fourth-order valence-corrected chi connectivity index (χ4v) is 1.45. The van der Waals surface area contributed by atoms with Crippen molar-refractivity contribution in [1.29, 1.82) is 0 Å². The zero-order chi connectivity index (χ0) is 10.0. The summed E-state index contributed by atoms with van der Waals surface area (Å²) < 4.78 is 0. The monoisotopic (exact) mass is 198 g/mol. The highest BCUT2D eigenvalue weighted by Gasteiger charge is 2.13. The molecule has 0 fully saturated rings. The molecule has 3 heteroatoms. The highest BCUT2D eigenvalue weighted by atomic mass is 35.5. The van der Waals surface area contributed by atoms with Crippen molar-refractivity contribution in [3.63, 3.8) is 0 Å². The highest BCUT2D eigenvalue weighted by molar-refractivity contribution is 6.29. The summed E-state index contributed by atoms with van der Waals surface area (Å²) >= 11 is 5.75. The molecule has 0 aliphatic heterocycles. The van der Waals surface area contributed by atoms with Gasteiger partial charge in [0, 0.05) is 12.2 Å². The van der Waals surface area contributed by atoms with Gasteiger partial charge >= 0.3 is 0 Å². The van der Waals surface area contributed by atoms with Crippen LogP contribution in [0.5, 0.6) is 0 Å². The molecule has 0 aliphatic carbocycles. The predicted molar refractivity (Wildman–Crippen MR) is 55.8 cm³/mol. The molecule has 72 valence electrons. The van der Waals surface area contributed by atoms with Gasteiger partial charge in [0.15, 0.2) is 0 Å². The van der Waals surface area contributed by atoms with E-state index in [0.29, 0.717) is 11.1 Å². The van der Waals surface area contributed by atoms with Crippen LogP contribution >= 0.6 is 11.6 Å². The maximum absolute atomic E-state index is 6.01. The number of nitrogens with two attached hydrogens (primary N) is 1. The topological polar surface area (TPSA) is 38.9 Å². The first-order chi connectivity index (χ1) is 6.02. The Hall–Kier alpha value is -0.600. The second-order valence-electron chi connectivity index (χ2n) is 3.63. The first kappa shape index (κ1) is 10.5. The molecular formula is C10H15ClN2. The number of hydrogen-bond acceptors (Lipinski definition) is 2. The van der Waals surface area contributed by atoms with Crippen LogP contribution in [-0.4, -0.2) is 4.98 Å². The normalized spacial score (nSPS) is 13.4. The fourth-order valence-electron chi connectivity index (χ4n) is 1.24. The van der Waals surface area contributed by atoms with Crippen LogP contribution in [0, 0.1) is 12.8 Å². The maximum atomic E-state index is 6.01. The van der Waals surface area contributed by atoms with Crippen molar-refractivity contribution in [2.24, 2.45) is 11.7 Å². The Labute approximate surface area is 84.1 Å². The quantitative estimate of drug-likeness (QED) is 0.743. The van der Waals surface area contributed by atoms with Gasteiger partial charge in [-0.1, -0.05) is 25.4 Å². The second kappa shape index (κ2) is 4.07. The molecule has 1 atom stereocenters. The van der Waals surface area contributed by atoms with Gasteiger partial charge in [-0.3, -0.25) is 0 Å². The molecule has 0 radical (unpaired) electrons. The summed E-state index contributed by atoms with van der Waals surface area (Å²) in [7, 11) is 0. The molecule has 0 aromatic carbocycles. The lowest BCUT2D eigenvalue weighted by molar-refractivity contribution is 0.511. The van der Waals surface area contributed by atoms with E-state index in [2.05, 4.69) is 18.8 Å². The molecular weight excluding hydrogens is 184 g/mol. The Morgan fingerprint density at radius 1 is 1.46 bits per heavy atom. The van der Waals surface area contributed by atoms with Crippen molar-refractivity contribution in [2.45, 2.75) is 26.8 Å². The third-order valence-electron chi connectivity index (χ3n) is 2.20. The van der Waals surface area contributed by atoms with Crippen LogP contribution in [-0.2, 0) is 0 Å². The van der Waals surface area contributed by atoms with E-state index in [0.717, 1.165) is 11.1 Å². The van der Waals surface area contributed by atoms with Crippen LogP contribution < -0.4 is 5.73 Å². The first-order valence-corrected chi connectivity index (χ1v) is 4.77. The molecule has 2 N–H and O–H groups in total. The third-order valence-corrected chi connectivity index (χ3v) is 2.40. The molecule has 1 heterocycles. The van der Waals surface area contributed by atoms with E-state index in [1.54, 1.807) is 6.20 Å². The van der Waals surface area contributed by atoms with Gasteiger partial charge in [-0.2, -0.15) is 0 Å². The summed E-state index contributed by atoms with van der Waals surface area (Å²) in [6.07, 6.45) is 1.77. The van der Waals surface area contributed by atoms with E-state index in [9.17, 15) is 0 Å². The summed E-state index contributed by atoms with van der Waals surface area (Å²) in [5.41, 5.74) is 8.20. The van der Waals surface area contributed by atoms with E-state index < -0.39 is 0 Å². The molecule has 0 spiro atoms. The number of halogens is 1. The van der Waals surface area contributed by atoms with E-state index in [1.165, 1.54) is 0 Å². The SMILES string of the molecule is Cc1cc(Cl)ncc1C(N)C(C)C. The van der Waals surface area contributed by atoms with Gasteiger partial charge in [-0.25, -0.2) is 4.98 Å². The first-order valence-electron chi connectivity index (χ1n) is 4.40. The molecule has 0 bridgehead atoms. The zero-order valence-electron chi connectivity index (χ0n) is 8.21. The van der Waals surface area contributed by atoms with Crippen molar-refractivity contribution in [2.75, 3.05) is 0 Å². The Morgan fingerprint density at radius 3 is 2.54 bits per heavy atom. The van der Waals surface area contributed by atoms with Crippen molar-refractivity contribution >= 4 is 11.6 Å². The van der Waals surface area contributed by atoms with Gasteiger partial charge < -0.3 is 5.73 Å². The molecule has 0 saturated heterocycles. The van der Waals surface area contributed by atoms with Crippen LogP contribution in [0.25, 0.3) is 0 Å². The molecule has 13 heavy (non-hydrogen) atoms. The number of nitrogens with zero attached hydrogens (tertiary/aromatic N) is 1. The number of rotatable bonds is 2. The Kier molecular flexibility index (Phi) is 3.28. The molecule has 0 amide bonds. The predicted octanol–water partition coefficient (Wildman–Crippen LogP) is 2.70. The lowest BCUT2D eigenvalue weighted by Gasteiger charge is -2.17. The average Bonchev–Trinajstić information content (AvgIpc) is 2.03. The van der Waals surface area contributed by atoms with Crippen LogP contribution in [0.15, 0.2) is 12.3 Å². The number of hydrogen-bond donors (Lipinski definition) is 1. The van der Waals surface area contributed by atoms with Gasteiger partial charge in [-0.15, -0.1) is 0 Å². The van der Waals surface area contributed by atoms with Crippen LogP contribution in [0.1, 0.15) is 31.0 Å². The Balaban J connectivity index is 3.01. The van der Waals surface area contributed by atoms with Crippen molar-refractivity contribution < 1.29 is 0 Å². The van der Waals surface area contributed by atoms with E-state index in [1.807, 2.05) is 13.0 Å². The molecule has 0 saturated carbocycles. The minimum atomic E-state index is 0.0461. The Morgan fingerprint density at radius 2 is 2.08 bits per heavy atom. The molecule has 1 rings (SSSR count). The van der Waals surface area contributed by atoms with E-state index >= 15 is 0 Å². The number of aromatic nitrogens is 1. The van der Waals surface area contributed by atoms with Crippen molar-refractivity contribution in [1.82, 2.24) is 4.98 Å². The number of pyridine rings is 1. The minimum Gasteiger partial charge on any atom is -0.324 e. The fraction of sp³-hybridized carbons (Fsp3) is 0.500. The molecule has 2 nitrogen and oxygen atoms in total. The smallest absolute Gasteiger partial charge is 0.129 e. The lowest BCUT2D eigenvalue weighted by Crippen LogP contribution is -2.18. The highest BCUT2D eigenvalue weighted by Crippen LogP contribution is 2.22. The van der Waals surface area contributed by atoms with Gasteiger partial charge in [0.2, 0.25) is 0 Å². The molecule has 1 unspecified atom stereocenters. The minimum absolute atomic E-state index is 0.0461. The van der Waals surface area contributed by atoms with E-state index in [-0.39, 0.29) is 6.04 Å². The molecule has 1 aromatic heterocycles. The zero-order valence-corrected chi connectivity index (χ0v) is 8.97. The Bertz CT molecular complexity index is 297. The van der Waals surface area contributed by atoms with E-state index in [4.69, 9.17) is 17.3 Å². The van der Waals surface area contributed by atoms with Crippen LogP contribution in [0.4, 0.5) is 0 Å². The summed E-state index contributed by atoms with van der Waals surface area (Å²) in [5, 5.41) is 0.525. The van der Waals surface area contributed by atoms with Crippen molar-refractivity contribution in [3.8, 4) is 0 Å². The summed E-state index contributed by atoms with van der Waals surface area (Å²) in [5.74, 6) is 0.418. The third kappa shape index (κ3) is 2.42. The number of aryl methyl sites for hydroxylation is 1. The lowest BCUT2D eigenvalue weighted by atomic mass is 9.95. The standard InChI is InChI=1S/C10H15ClN2/c1-6(2)10(12)8-5-13-9(11)4-7(8)3/h4-6,10H,12H2,1-3H3. The summed E-state index contributed by atoms with van der Waals surface area (Å²) in [4.78, 5) is 4.03. The van der Waals surface area contributed by atoms with Gasteiger partial charge in [0.1, 0.15) is 5.15 Å². The van der Waals surface area contributed by atoms with Crippen LogP contribution in [0.2, 0.25) is 5.15 Å². The van der Waals surface area contributed by atoms with Crippen LogP contribution in [0.3, 0.4) is 0 Å². The van der Waals surface area contributed by atoms with Crippen molar-refractivity contribution in [3.05, 3.63) is 28.5 Å². The molecule has 1 aromatic rings.